The minimum absolute atomic E-state index is 0.223. The van der Waals surface area contributed by atoms with Gasteiger partial charge < -0.3 is 5.32 Å². The third kappa shape index (κ3) is 3.30. The van der Waals surface area contributed by atoms with Crippen LogP contribution in [-0.2, 0) is 16.4 Å². The fraction of sp³-hybridized carbons (Fsp3) is 0.389. The Labute approximate surface area is 142 Å². The molecular formula is C18H21N3O2S. The summed E-state index contributed by atoms with van der Waals surface area (Å²) in [5.41, 5.74) is 2.68. The molecule has 6 heteroatoms. The predicted molar refractivity (Wildman–Crippen MR) is 93.3 cm³/mol. The molecule has 24 heavy (non-hydrogen) atoms. The molecule has 1 unspecified atom stereocenters. The van der Waals surface area contributed by atoms with Crippen LogP contribution in [0.5, 0.6) is 0 Å². The van der Waals surface area contributed by atoms with Crippen LogP contribution in [0.3, 0.4) is 0 Å². The molecule has 1 fully saturated rings. The van der Waals surface area contributed by atoms with Crippen LogP contribution in [0.2, 0.25) is 0 Å². The molecule has 2 aliphatic carbocycles. The van der Waals surface area contributed by atoms with Gasteiger partial charge in [0, 0.05) is 12.7 Å². The van der Waals surface area contributed by atoms with E-state index in [0.29, 0.717) is 18.3 Å². The molecule has 2 aromatic rings. The van der Waals surface area contributed by atoms with Crippen molar-refractivity contribution in [3.8, 4) is 0 Å². The van der Waals surface area contributed by atoms with Gasteiger partial charge in [0.15, 0.2) is 0 Å². The van der Waals surface area contributed by atoms with E-state index in [2.05, 4.69) is 33.2 Å². The van der Waals surface area contributed by atoms with Crippen LogP contribution >= 0.6 is 0 Å². The Balaban J connectivity index is 1.44. The van der Waals surface area contributed by atoms with Gasteiger partial charge in [0.2, 0.25) is 10.0 Å². The fourth-order valence-corrected chi connectivity index (χ4v) is 4.20. The first kappa shape index (κ1) is 15.6. The van der Waals surface area contributed by atoms with Gasteiger partial charge in [-0.1, -0.05) is 24.3 Å². The number of fused-ring (bicyclic) bond motifs is 1. The number of anilines is 1. The van der Waals surface area contributed by atoms with Crippen LogP contribution in [-0.4, -0.2) is 19.9 Å². The molecule has 2 aliphatic rings. The Morgan fingerprint density at radius 2 is 1.92 bits per heavy atom. The number of sulfonamides is 1. The lowest BCUT2D eigenvalue weighted by Gasteiger charge is -2.15. The Hall–Kier alpha value is -1.92. The lowest BCUT2D eigenvalue weighted by Crippen LogP contribution is -2.26. The van der Waals surface area contributed by atoms with Gasteiger partial charge in [-0.15, -0.1) is 0 Å². The minimum Gasteiger partial charge on any atom is -0.363 e. The first-order chi connectivity index (χ1) is 11.6. The van der Waals surface area contributed by atoms with Crippen molar-refractivity contribution in [1.29, 1.82) is 0 Å². The highest BCUT2D eigenvalue weighted by atomic mass is 32.2. The smallest absolute Gasteiger partial charge is 0.242 e. The van der Waals surface area contributed by atoms with Crippen LogP contribution in [0.15, 0.2) is 47.5 Å². The van der Waals surface area contributed by atoms with Gasteiger partial charge in [-0.3, -0.25) is 0 Å². The summed E-state index contributed by atoms with van der Waals surface area (Å²) in [6.07, 6.45) is 5.76. The number of aromatic nitrogens is 1. The van der Waals surface area contributed by atoms with E-state index in [0.717, 1.165) is 25.7 Å². The number of aryl methyl sites for hydroxylation is 1. The molecule has 1 atom stereocenters. The summed E-state index contributed by atoms with van der Waals surface area (Å²) in [5, 5.41) is 3.41. The normalized spacial score (nSPS) is 19.9. The van der Waals surface area contributed by atoms with E-state index in [1.807, 2.05) is 6.07 Å². The highest BCUT2D eigenvalue weighted by Gasteiger charge is 2.25. The molecule has 0 saturated heterocycles. The van der Waals surface area contributed by atoms with Crippen molar-refractivity contribution < 1.29 is 8.42 Å². The number of rotatable bonds is 6. The Morgan fingerprint density at radius 3 is 2.67 bits per heavy atom. The molecule has 4 rings (SSSR count). The first-order valence-electron chi connectivity index (χ1n) is 8.42. The molecule has 0 spiro atoms. The summed E-state index contributed by atoms with van der Waals surface area (Å²) < 4.78 is 27.1. The van der Waals surface area contributed by atoms with Gasteiger partial charge in [-0.2, -0.15) is 0 Å². The molecule has 1 aromatic carbocycles. The van der Waals surface area contributed by atoms with E-state index in [4.69, 9.17) is 0 Å². The number of benzene rings is 1. The number of hydrogen-bond acceptors (Lipinski definition) is 4. The summed E-state index contributed by atoms with van der Waals surface area (Å²) in [6, 6.07) is 12.0. The number of nitrogens with zero attached hydrogens (tertiary/aromatic N) is 1. The monoisotopic (exact) mass is 343 g/mol. The van der Waals surface area contributed by atoms with Crippen LogP contribution in [0.25, 0.3) is 0 Å². The van der Waals surface area contributed by atoms with Crippen molar-refractivity contribution in [3.63, 3.8) is 0 Å². The van der Waals surface area contributed by atoms with Crippen molar-refractivity contribution in [2.45, 2.75) is 36.6 Å². The largest absolute Gasteiger partial charge is 0.363 e. The average Bonchev–Trinajstić information content (AvgIpc) is 3.35. The van der Waals surface area contributed by atoms with E-state index in [-0.39, 0.29) is 10.9 Å². The van der Waals surface area contributed by atoms with Crippen LogP contribution < -0.4 is 10.0 Å². The van der Waals surface area contributed by atoms with Gasteiger partial charge in [0.05, 0.1) is 6.04 Å². The number of pyridine rings is 1. The SMILES string of the molecule is O=S(=O)(NCC1CC1)c1ccc(NC2CCc3ccccc32)nc1. The topological polar surface area (TPSA) is 71.1 Å². The minimum atomic E-state index is -3.45. The quantitative estimate of drug-likeness (QED) is 0.846. The molecule has 0 radical (unpaired) electrons. The van der Waals surface area contributed by atoms with Gasteiger partial charge in [-0.05, 0) is 54.9 Å². The maximum Gasteiger partial charge on any atom is 0.242 e. The molecule has 0 aliphatic heterocycles. The van der Waals surface area contributed by atoms with Gasteiger partial charge in [0.1, 0.15) is 10.7 Å². The number of hydrogen-bond donors (Lipinski definition) is 2. The molecular weight excluding hydrogens is 322 g/mol. The van der Waals surface area contributed by atoms with Crippen molar-refractivity contribution in [2.24, 2.45) is 5.92 Å². The summed E-state index contributed by atoms with van der Waals surface area (Å²) >= 11 is 0. The molecule has 1 saturated carbocycles. The Bertz CT molecular complexity index is 830. The van der Waals surface area contributed by atoms with Gasteiger partial charge >= 0.3 is 0 Å². The van der Waals surface area contributed by atoms with E-state index in [1.54, 1.807) is 12.1 Å². The van der Waals surface area contributed by atoms with E-state index < -0.39 is 10.0 Å². The lowest BCUT2D eigenvalue weighted by molar-refractivity contribution is 0.577. The molecule has 1 aromatic heterocycles. The second kappa shape index (κ2) is 6.18. The summed E-state index contributed by atoms with van der Waals surface area (Å²) in [7, 11) is -3.45. The zero-order valence-corrected chi connectivity index (χ0v) is 14.2. The van der Waals surface area contributed by atoms with E-state index >= 15 is 0 Å². The molecule has 126 valence electrons. The number of nitrogens with one attached hydrogen (secondary N) is 2. The first-order valence-corrected chi connectivity index (χ1v) is 9.90. The van der Waals surface area contributed by atoms with Crippen molar-refractivity contribution in [2.75, 3.05) is 11.9 Å². The average molecular weight is 343 g/mol. The van der Waals surface area contributed by atoms with Crippen LogP contribution in [0.1, 0.15) is 36.4 Å². The zero-order chi connectivity index (χ0) is 16.6. The predicted octanol–water partition coefficient (Wildman–Crippen LogP) is 2.87. The van der Waals surface area contributed by atoms with Crippen molar-refractivity contribution in [1.82, 2.24) is 9.71 Å². The standard InChI is InChI=1S/C18H21N3O2S/c22-24(23,20-11-13-5-6-13)15-8-10-18(19-12-15)21-17-9-7-14-3-1-2-4-16(14)17/h1-4,8,10,12-13,17,20H,5-7,9,11H2,(H,19,21). The molecule has 0 bridgehead atoms. The lowest BCUT2D eigenvalue weighted by atomic mass is 10.1. The van der Waals surface area contributed by atoms with E-state index in [1.165, 1.54) is 17.3 Å². The second-order valence-corrected chi connectivity index (χ2v) is 8.38. The second-order valence-electron chi connectivity index (χ2n) is 6.61. The van der Waals surface area contributed by atoms with Gasteiger partial charge in [-0.25, -0.2) is 18.1 Å². The summed E-state index contributed by atoms with van der Waals surface area (Å²) in [5.74, 6) is 1.22. The Morgan fingerprint density at radius 1 is 1.08 bits per heavy atom. The van der Waals surface area contributed by atoms with Crippen LogP contribution in [0, 0.1) is 5.92 Å². The molecule has 2 N–H and O–H groups in total. The highest BCUT2D eigenvalue weighted by molar-refractivity contribution is 7.89. The molecule has 0 amide bonds. The van der Waals surface area contributed by atoms with Crippen molar-refractivity contribution >= 4 is 15.8 Å². The maximum atomic E-state index is 12.2. The van der Waals surface area contributed by atoms with Crippen LogP contribution in [0.4, 0.5) is 5.82 Å². The molecule has 1 heterocycles. The summed E-state index contributed by atoms with van der Waals surface area (Å²) in [6.45, 7) is 0.529. The fourth-order valence-electron chi connectivity index (χ4n) is 3.14. The summed E-state index contributed by atoms with van der Waals surface area (Å²) in [4.78, 5) is 4.52. The van der Waals surface area contributed by atoms with Crippen molar-refractivity contribution in [3.05, 3.63) is 53.7 Å². The highest BCUT2D eigenvalue weighted by Crippen LogP contribution is 2.33. The third-order valence-electron chi connectivity index (χ3n) is 4.76. The van der Waals surface area contributed by atoms with E-state index in [9.17, 15) is 8.42 Å². The maximum absolute atomic E-state index is 12.2. The zero-order valence-electron chi connectivity index (χ0n) is 13.4. The Kier molecular flexibility index (Phi) is 4.02. The van der Waals surface area contributed by atoms with Gasteiger partial charge in [0.25, 0.3) is 0 Å². The third-order valence-corrected chi connectivity index (χ3v) is 6.17. The molecule has 5 nitrogen and oxygen atoms in total.